The average molecular weight is 605 g/mol. The first-order valence-electron chi connectivity index (χ1n) is 13.8. The first-order chi connectivity index (χ1) is 18.6. The van der Waals surface area contributed by atoms with Crippen LogP contribution in [-0.4, -0.2) is 10.3 Å². The van der Waals surface area contributed by atoms with Crippen molar-refractivity contribution in [3.63, 3.8) is 0 Å². The Hall–Kier alpha value is -2.26. The molecule has 5 rings (SSSR count). The summed E-state index contributed by atoms with van der Waals surface area (Å²) in [6.07, 6.45) is 1.16. The molecule has 0 aliphatic heterocycles. The maximum atomic E-state index is 2.50. The third-order valence-electron chi connectivity index (χ3n) is 6.83. The Morgan fingerprint density at radius 3 is 1.38 bits per heavy atom. The van der Waals surface area contributed by atoms with E-state index in [1.54, 1.807) is 0 Å². The topological polar surface area (TPSA) is 0 Å². The predicted octanol–water partition coefficient (Wildman–Crippen LogP) is 9.81. The second-order valence-electron chi connectivity index (χ2n) is 11.9. The maximum Gasteiger partial charge on any atom is 0 e. The van der Waals surface area contributed by atoms with E-state index in [1.165, 1.54) is 32.6 Å². The summed E-state index contributed by atoms with van der Waals surface area (Å²) < 4.78 is 0. The molecule has 0 nitrogen and oxygen atoms in total. The van der Waals surface area contributed by atoms with Crippen molar-refractivity contribution >= 4 is 31.8 Å². The summed E-state index contributed by atoms with van der Waals surface area (Å²) >= 11 is 0. The van der Waals surface area contributed by atoms with Crippen LogP contribution in [-0.2, 0) is 23.2 Å². The minimum Gasteiger partial charge on any atom is -0.748 e. The SMILES string of the molecule is CC(C)(C)P(C[c-]1cc(-c2ccccc2)cc1P(c1ccccc1)c1ccccc1)C(C)(C)C.[Fe].[cH-]1[cH-][cH-][cH-][cH-]1. The standard InChI is InChI=1S/C32H37P2.C5H5.Fe/c1-31(2,3)33(32(4,5)6)24-27-22-26(25-16-10-7-11-17-25)23-30(27)34(28-18-12-8-13-19-28)29-20-14-9-15-21-29;1-2-4-5-3-1;/h7-23H,24H2,1-6H3;1-5H;/q-1;-5;. The molecule has 5 aromatic carbocycles. The molecule has 0 atom stereocenters. The van der Waals surface area contributed by atoms with Crippen molar-refractivity contribution in [2.24, 2.45) is 0 Å². The van der Waals surface area contributed by atoms with E-state index in [9.17, 15) is 0 Å². The van der Waals surface area contributed by atoms with Gasteiger partial charge in [-0.3, -0.25) is 0 Å². The van der Waals surface area contributed by atoms with Gasteiger partial charge in [-0.15, -0.1) is 18.8 Å². The first-order valence-corrected chi connectivity index (χ1v) is 16.7. The summed E-state index contributed by atoms with van der Waals surface area (Å²) in [7, 11) is -0.871. The molecule has 0 radical (unpaired) electrons. The van der Waals surface area contributed by atoms with Crippen LogP contribution >= 0.6 is 15.8 Å². The van der Waals surface area contributed by atoms with Gasteiger partial charge in [-0.25, -0.2) is 0 Å². The van der Waals surface area contributed by atoms with Crippen LogP contribution in [0.5, 0.6) is 0 Å². The zero-order valence-electron chi connectivity index (χ0n) is 24.7. The summed E-state index contributed by atoms with van der Waals surface area (Å²) in [4.78, 5) is 0. The van der Waals surface area contributed by atoms with Gasteiger partial charge in [0.15, 0.2) is 0 Å². The van der Waals surface area contributed by atoms with Gasteiger partial charge in [0.25, 0.3) is 0 Å². The zero-order valence-corrected chi connectivity index (χ0v) is 27.5. The van der Waals surface area contributed by atoms with Crippen LogP contribution < -0.4 is 15.9 Å². The summed E-state index contributed by atoms with van der Waals surface area (Å²) in [5, 5.41) is 4.94. The Bertz CT molecular complexity index is 1300. The molecular formula is C37H42FeP2-6. The Morgan fingerprint density at radius 1 is 0.575 bits per heavy atom. The van der Waals surface area contributed by atoms with Gasteiger partial charge < -0.3 is 30.3 Å². The van der Waals surface area contributed by atoms with Crippen molar-refractivity contribution in [2.45, 2.75) is 58.0 Å². The van der Waals surface area contributed by atoms with Crippen molar-refractivity contribution in [2.75, 3.05) is 0 Å². The van der Waals surface area contributed by atoms with Gasteiger partial charge in [0.05, 0.1) is 0 Å². The van der Waals surface area contributed by atoms with E-state index in [-0.39, 0.29) is 35.3 Å². The maximum absolute atomic E-state index is 2.50. The van der Waals surface area contributed by atoms with Gasteiger partial charge in [0.1, 0.15) is 0 Å². The molecule has 0 N–H and O–H groups in total. The molecule has 0 spiro atoms. The van der Waals surface area contributed by atoms with Crippen LogP contribution in [0.1, 0.15) is 47.1 Å². The minimum atomic E-state index is -0.628. The smallest absolute Gasteiger partial charge is 0 e. The third kappa shape index (κ3) is 8.62. The van der Waals surface area contributed by atoms with E-state index in [2.05, 4.69) is 145 Å². The molecule has 0 heterocycles. The summed E-state index contributed by atoms with van der Waals surface area (Å²) in [6.45, 7) is 14.6. The third-order valence-corrected chi connectivity index (χ3v) is 13.3. The van der Waals surface area contributed by atoms with Crippen LogP contribution in [0.3, 0.4) is 0 Å². The molecule has 0 saturated heterocycles. The van der Waals surface area contributed by atoms with Crippen molar-refractivity contribution in [3.05, 3.63) is 139 Å². The molecule has 40 heavy (non-hydrogen) atoms. The number of rotatable bonds is 6. The molecule has 5 aromatic rings. The quantitative estimate of drug-likeness (QED) is 0.103. The summed E-state index contributed by atoms with van der Waals surface area (Å²) in [5.74, 6) is 0. The predicted molar refractivity (Wildman–Crippen MR) is 178 cm³/mol. The van der Waals surface area contributed by atoms with Crippen molar-refractivity contribution in [3.8, 4) is 11.1 Å². The van der Waals surface area contributed by atoms with E-state index < -0.39 is 7.92 Å². The van der Waals surface area contributed by atoms with Crippen LogP contribution in [0.25, 0.3) is 11.1 Å². The van der Waals surface area contributed by atoms with Gasteiger partial charge in [-0.2, -0.15) is 17.7 Å². The molecule has 0 aliphatic carbocycles. The molecule has 0 fully saturated rings. The molecular weight excluding hydrogens is 562 g/mol. The summed E-state index contributed by atoms with van der Waals surface area (Å²) in [5.41, 5.74) is 4.19. The Morgan fingerprint density at radius 2 is 0.975 bits per heavy atom. The zero-order chi connectivity index (χ0) is 27.9. The van der Waals surface area contributed by atoms with E-state index in [4.69, 9.17) is 0 Å². The van der Waals surface area contributed by atoms with Gasteiger partial charge in [0, 0.05) is 17.1 Å². The number of hydrogen-bond acceptors (Lipinski definition) is 0. The van der Waals surface area contributed by atoms with Crippen LogP contribution in [0, 0.1) is 0 Å². The number of benzene rings is 3. The fraction of sp³-hybridized carbons (Fsp3) is 0.243. The largest absolute Gasteiger partial charge is 0.748 e. The molecule has 0 unspecified atom stereocenters. The number of hydrogen-bond donors (Lipinski definition) is 0. The van der Waals surface area contributed by atoms with Crippen LogP contribution in [0.4, 0.5) is 0 Å². The average Bonchev–Trinajstić information content (AvgIpc) is 3.62. The van der Waals surface area contributed by atoms with Gasteiger partial charge in [-0.1, -0.05) is 144 Å². The van der Waals surface area contributed by atoms with E-state index in [0.29, 0.717) is 0 Å². The fourth-order valence-corrected chi connectivity index (χ4v) is 11.4. The molecule has 214 valence electrons. The van der Waals surface area contributed by atoms with Crippen LogP contribution in [0.2, 0.25) is 0 Å². The Labute approximate surface area is 256 Å². The minimum absolute atomic E-state index is 0. The second-order valence-corrected chi connectivity index (χ2v) is 18.0. The summed E-state index contributed by atoms with van der Waals surface area (Å²) in [6, 6.07) is 48.1. The Balaban J connectivity index is 0.000000662. The molecule has 3 heteroatoms. The van der Waals surface area contributed by atoms with Crippen molar-refractivity contribution in [1.82, 2.24) is 0 Å². The molecule has 0 aromatic heterocycles. The fourth-order valence-electron chi connectivity index (χ4n) is 5.23. The van der Waals surface area contributed by atoms with Gasteiger partial charge in [0.2, 0.25) is 0 Å². The van der Waals surface area contributed by atoms with Gasteiger partial charge in [-0.05, 0) is 28.8 Å². The van der Waals surface area contributed by atoms with E-state index in [1.807, 2.05) is 30.3 Å². The van der Waals surface area contributed by atoms with Crippen molar-refractivity contribution < 1.29 is 17.1 Å². The molecule has 0 aliphatic rings. The van der Waals surface area contributed by atoms with E-state index in [0.717, 1.165) is 6.16 Å². The monoisotopic (exact) mass is 604 g/mol. The van der Waals surface area contributed by atoms with Crippen LogP contribution in [0.15, 0.2) is 133 Å². The first kappa shape index (κ1) is 32.3. The van der Waals surface area contributed by atoms with E-state index >= 15 is 0 Å². The normalized spacial score (nSPS) is 11.6. The second kappa shape index (κ2) is 14.6. The van der Waals surface area contributed by atoms with Gasteiger partial charge >= 0.3 is 0 Å². The van der Waals surface area contributed by atoms with Crippen molar-refractivity contribution in [1.29, 1.82) is 0 Å². The molecule has 0 saturated carbocycles. The Kier molecular flexibility index (Phi) is 11.8. The molecule has 0 amide bonds. The molecule has 0 bridgehead atoms.